The predicted octanol–water partition coefficient (Wildman–Crippen LogP) is 3.67. The van der Waals surface area contributed by atoms with E-state index in [0.29, 0.717) is 23.8 Å². The Morgan fingerprint density at radius 1 is 1.32 bits per heavy atom. The normalized spacial score (nSPS) is 13.2. The fraction of sp³-hybridized carbons (Fsp3) is 0.235. The Morgan fingerprint density at radius 3 is 2.82 bits per heavy atom. The maximum absolute atomic E-state index is 11.6. The molecule has 4 rings (SSSR count). The molecule has 146 valence electrons. The number of sulfonamides is 1. The van der Waals surface area contributed by atoms with Crippen molar-refractivity contribution in [2.75, 3.05) is 0 Å². The van der Waals surface area contributed by atoms with E-state index in [4.69, 9.17) is 9.56 Å². The van der Waals surface area contributed by atoms with Crippen LogP contribution in [-0.4, -0.2) is 28.2 Å². The highest BCUT2D eigenvalue weighted by Crippen LogP contribution is 2.37. The van der Waals surface area contributed by atoms with Gasteiger partial charge in [-0.05, 0) is 43.5 Å². The molecule has 3 heterocycles. The summed E-state index contributed by atoms with van der Waals surface area (Å²) < 4.78 is 31.0. The minimum Gasteiger partial charge on any atom is -0.419 e. The van der Waals surface area contributed by atoms with Gasteiger partial charge in [-0.2, -0.15) is 0 Å². The number of aromatic nitrogens is 4. The van der Waals surface area contributed by atoms with Crippen LogP contribution in [0.15, 0.2) is 50.2 Å². The number of thiophene rings is 1. The highest BCUT2D eigenvalue weighted by atomic mass is 32.2. The molecule has 28 heavy (non-hydrogen) atoms. The molecule has 11 heteroatoms. The van der Waals surface area contributed by atoms with E-state index in [1.165, 1.54) is 35.2 Å². The molecule has 1 atom stereocenters. The number of rotatable bonds is 6. The van der Waals surface area contributed by atoms with E-state index >= 15 is 0 Å². The maximum atomic E-state index is 11.6. The van der Waals surface area contributed by atoms with Gasteiger partial charge in [0.15, 0.2) is 5.16 Å². The molecule has 0 saturated heterocycles. The SMILES string of the molecule is CCn1c(SC(C)c2nnc(-c3cccs3)o2)nc2cc(S(N)(=O)=O)ccc21. The van der Waals surface area contributed by atoms with Gasteiger partial charge in [0.05, 0.1) is 26.1 Å². The molecule has 0 amide bonds. The second-order valence-electron chi connectivity index (χ2n) is 6.02. The molecule has 8 nitrogen and oxygen atoms in total. The van der Waals surface area contributed by atoms with Crippen molar-refractivity contribution >= 4 is 44.2 Å². The van der Waals surface area contributed by atoms with Crippen molar-refractivity contribution in [1.29, 1.82) is 0 Å². The van der Waals surface area contributed by atoms with Crippen molar-refractivity contribution < 1.29 is 12.8 Å². The first-order valence-electron chi connectivity index (χ1n) is 8.44. The zero-order valence-corrected chi connectivity index (χ0v) is 17.5. The number of hydrogen-bond donors (Lipinski definition) is 1. The van der Waals surface area contributed by atoms with Crippen LogP contribution in [0.3, 0.4) is 0 Å². The van der Waals surface area contributed by atoms with E-state index < -0.39 is 10.0 Å². The smallest absolute Gasteiger partial charge is 0.257 e. The lowest BCUT2D eigenvalue weighted by molar-refractivity contribution is 0.509. The summed E-state index contributed by atoms with van der Waals surface area (Å²) in [6.07, 6.45) is 0. The van der Waals surface area contributed by atoms with Gasteiger partial charge in [0.1, 0.15) is 0 Å². The summed E-state index contributed by atoms with van der Waals surface area (Å²) >= 11 is 3.01. The van der Waals surface area contributed by atoms with Crippen LogP contribution in [0.1, 0.15) is 25.0 Å². The third-order valence-corrected chi connectivity index (χ3v) is 6.98. The Labute approximate surface area is 169 Å². The summed E-state index contributed by atoms with van der Waals surface area (Å²) in [6, 6.07) is 8.57. The fourth-order valence-electron chi connectivity index (χ4n) is 2.77. The fourth-order valence-corrected chi connectivity index (χ4v) is 4.96. The number of hydrogen-bond acceptors (Lipinski definition) is 8. The molecule has 0 radical (unpaired) electrons. The predicted molar refractivity (Wildman–Crippen MR) is 109 cm³/mol. The van der Waals surface area contributed by atoms with E-state index in [2.05, 4.69) is 15.2 Å². The van der Waals surface area contributed by atoms with Crippen molar-refractivity contribution in [2.24, 2.45) is 5.14 Å². The summed E-state index contributed by atoms with van der Waals surface area (Å²) in [6.45, 7) is 4.65. The lowest BCUT2D eigenvalue weighted by atomic mass is 10.3. The molecule has 0 aliphatic rings. The van der Waals surface area contributed by atoms with Crippen LogP contribution in [0.25, 0.3) is 21.8 Å². The molecule has 0 spiro atoms. The van der Waals surface area contributed by atoms with Crippen LogP contribution in [0.4, 0.5) is 0 Å². The Balaban J connectivity index is 1.65. The highest BCUT2D eigenvalue weighted by molar-refractivity contribution is 7.99. The van der Waals surface area contributed by atoms with Crippen LogP contribution in [0.2, 0.25) is 0 Å². The third-order valence-electron chi connectivity index (χ3n) is 4.13. The van der Waals surface area contributed by atoms with Gasteiger partial charge < -0.3 is 8.98 Å². The molecular formula is C17H17N5O3S3. The summed E-state index contributed by atoms with van der Waals surface area (Å²) in [4.78, 5) is 5.57. The minimum atomic E-state index is -3.78. The van der Waals surface area contributed by atoms with Crippen molar-refractivity contribution in [2.45, 2.75) is 35.7 Å². The highest BCUT2D eigenvalue weighted by Gasteiger charge is 2.21. The molecule has 0 fully saturated rings. The zero-order chi connectivity index (χ0) is 19.9. The van der Waals surface area contributed by atoms with Crippen LogP contribution < -0.4 is 5.14 Å². The lowest BCUT2D eigenvalue weighted by Crippen LogP contribution is -2.11. The Kier molecular flexibility index (Phi) is 5.00. The number of imidazole rings is 1. The maximum Gasteiger partial charge on any atom is 0.257 e. The van der Waals surface area contributed by atoms with Gasteiger partial charge in [-0.15, -0.1) is 21.5 Å². The van der Waals surface area contributed by atoms with Gasteiger partial charge in [-0.25, -0.2) is 18.5 Å². The van der Waals surface area contributed by atoms with E-state index in [0.717, 1.165) is 15.6 Å². The first kappa shape index (κ1) is 19.1. The standard InChI is InChI=1S/C17H17N5O3S3/c1-3-22-13-7-6-11(28(18,23)24)9-12(13)19-17(22)27-10(2)15-20-21-16(25-15)14-5-4-8-26-14/h4-10H,3H2,1-2H3,(H2,18,23,24). The van der Waals surface area contributed by atoms with E-state index in [1.54, 1.807) is 6.07 Å². The molecule has 0 aliphatic heterocycles. The molecule has 0 saturated carbocycles. The molecule has 0 bridgehead atoms. The van der Waals surface area contributed by atoms with Crippen molar-refractivity contribution in [3.8, 4) is 10.8 Å². The average molecular weight is 436 g/mol. The number of benzene rings is 1. The number of primary sulfonamides is 1. The second kappa shape index (κ2) is 7.32. The van der Waals surface area contributed by atoms with Gasteiger partial charge in [0.2, 0.25) is 15.9 Å². The molecule has 1 aromatic carbocycles. The van der Waals surface area contributed by atoms with Crippen LogP contribution in [0.5, 0.6) is 0 Å². The molecular weight excluding hydrogens is 418 g/mol. The van der Waals surface area contributed by atoms with E-state index in [1.807, 2.05) is 35.9 Å². The molecule has 0 aliphatic carbocycles. The average Bonchev–Trinajstić information content (AvgIpc) is 3.38. The van der Waals surface area contributed by atoms with Gasteiger partial charge in [0.25, 0.3) is 5.89 Å². The monoisotopic (exact) mass is 435 g/mol. The number of nitrogens with zero attached hydrogens (tertiary/aromatic N) is 4. The van der Waals surface area contributed by atoms with Crippen molar-refractivity contribution in [3.05, 3.63) is 41.6 Å². The van der Waals surface area contributed by atoms with Crippen molar-refractivity contribution in [3.63, 3.8) is 0 Å². The second-order valence-corrected chi connectivity index (χ2v) is 9.83. The van der Waals surface area contributed by atoms with Crippen LogP contribution >= 0.6 is 23.1 Å². The number of fused-ring (bicyclic) bond motifs is 1. The van der Waals surface area contributed by atoms with Gasteiger partial charge in [-0.3, -0.25) is 0 Å². The van der Waals surface area contributed by atoms with Crippen LogP contribution in [-0.2, 0) is 16.6 Å². The molecule has 2 N–H and O–H groups in total. The molecule has 3 aromatic heterocycles. The quantitative estimate of drug-likeness (QED) is 0.459. The first-order chi connectivity index (χ1) is 13.4. The number of aryl methyl sites for hydroxylation is 1. The summed E-state index contributed by atoms with van der Waals surface area (Å²) in [7, 11) is -3.78. The third kappa shape index (κ3) is 3.58. The van der Waals surface area contributed by atoms with Gasteiger partial charge in [0, 0.05) is 6.54 Å². The first-order valence-corrected chi connectivity index (χ1v) is 11.7. The molecule has 4 aromatic rings. The number of nitrogens with two attached hydrogens (primary N) is 1. The Morgan fingerprint density at radius 2 is 2.14 bits per heavy atom. The summed E-state index contributed by atoms with van der Waals surface area (Å²) in [5.41, 5.74) is 1.42. The largest absolute Gasteiger partial charge is 0.419 e. The molecule has 1 unspecified atom stereocenters. The van der Waals surface area contributed by atoms with Gasteiger partial charge in [-0.1, -0.05) is 17.8 Å². The lowest BCUT2D eigenvalue weighted by Gasteiger charge is -2.08. The van der Waals surface area contributed by atoms with E-state index in [-0.39, 0.29) is 10.1 Å². The number of thioether (sulfide) groups is 1. The minimum absolute atomic E-state index is 0.0443. The summed E-state index contributed by atoms with van der Waals surface area (Å²) in [5, 5.41) is 16.1. The zero-order valence-electron chi connectivity index (χ0n) is 15.1. The topological polar surface area (TPSA) is 117 Å². The Hall–Kier alpha value is -2.21. The van der Waals surface area contributed by atoms with Crippen LogP contribution in [0, 0.1) is 0 Å². The Bertz CT molecular complexity index is 1230. The van der Waals surface area contributed by atoms with Gasteiger partial charge >= 0.3 is 0 Å². The van der Waals surface area contributed by atoms with Crippen molar-refractivity contribution in [1.82, 2.24) is 19.7 Å². The van der Waals surface area contributed by atoms with E-state index in [9.17, 15) is 8.42 Å². The summed E-state index contributed by atoms with van der Waals surface area (Å²) in [5.74, 6) is 1.01.